The van der Waals surface area contributed by atoms with E-state index < -0.39 is 54.0 Å². The Labute approximate surface area is 204 Å². The highest BCUT2D eigenvalue weighted by atomic mass is 35.5. The minimum atomic E-state index is -10.1. The fourth-order valence-electron chi connectivity index (χ4n) is 3.55. The molecule has 4 rings (SSSR count). The molecule has 2 aliphatic carbocycles. The summed E-state index contributed by atoms with van der Waals surface area (Å²) in [6.45, 7) is 0.0848. The molecule has 190 valence electrons. The van der Waals surface area contributed by atoms with Gasteiger partial charge in [0.1, 0.15) is 22.5 Å². The number of carbonyl (C=O) groups excluding carboxylic acids is 2. The number of benzene rings is 1. The summed E-state index contributed by atoms with van der Waals surface area (Å²) in [7, 11) is -10.1. The fraction of sp³-hybridized carbons (Fsp3) is 0.368. The van der Waals surface area contributed by atoms with Crippen molar-refractivity contribution >= 4 is 51.2 Å². The van der Waals surface area contributed by atoms with Crippen molar-refractivity contribution in [1.82, 2.24) is 9.78 Å². The van der Waals surface area contributed by atoms with E-state index in [1.807, 2.05) is 0 Å². The van der Waals surface area contributed by atoms with Crippen LogP contribution in [0, 0.1) is 17.2 Å². The number of nitrogens with two attached hydrogens (primary N) is 1. The third-order valence-electron chi connectivity index (χ3n) is 5.71. The van der Waals surface area contributed by atoms with Crippen molar-refractivity contribution in [1.29, 1.82) is 5.26 Å². The molecule has 1 aromatic carbocycles. The number of nitrogens with zero attached hydrogens (tertiary/aromatic N) is 3. The minimum Gasteiger partial charge on any atom is -0.449 e. The highest BCUT2D eigenvalue weighted by Crippen LogP contribution is 3.02. The van der Waals surface area contributed by atoms with Crippen LogP contribution in [0.5, 0.6) is 0 Å². The topological polar surface area (TPSA) is 123 Å². The number of hydrogen-bond donors (Lipinski definition) is 2. The van der Waals surface area contributed by atoms with Crippen LogP contribution in [0.25, 0.3) is 5.69 Å². The van der Waals surface area contributed by atoms with Crippen molar-refractivity contribution in [3.63, 3.8) is 0 Å². The maximum atomic E-state index is 13.3. The van der Waals surface area contributed by atoms with E-state index in [0.717, 1.165) is 12.8 Å². The van der Waals surface area contributed by atoms with Crippen LogP contribution in [0.4, 0.5) is 30.0 Å². The van der Waals surface area contributed by atoms with E-state index in [4.69, 9.17) is 33.7 Å². The summed E-state index contributed by atoms with van der Waals surface area (Å²) < 4.78 is 72.4. The number of nitrogens with one attached hydrogen (secondary N) is 1. The van der Waals surface area contributed by atoms with Gasteiger partial charge in [0.05, 0.1) is 22.1 Å². The van der Waals surface area contributed by atoms with Gasteiger partial charge in [0.2, 0.25) is 5.91 Å². The smallest absolute Gasteiger partial charge is 0.412 e. The van der Waals surface area contributed by atoms with Crippen molar-refractivity contribution in [2.24, 2.45) is 11.7 Å². The number of rotatable bonds is 7. The molecule has 2 saturated carbocycles. The first kappa shape index (κ1) is 25.3. The lowest BCUT2D eigenvalue weighted by atomic mass is 9.94. The Morgan fingerprint density at radius 2 is 1.80 bits per heavy atom. The fourth-order valence-corrected chi connectivity index (χ4v) is 5.01. The number of ether oxygens (including phenoxy) is 1. The zero-order chi connectivity index (χ0) is 26.0. The lowest BCUT2D eigenvalue weighted by molar-refractivity contribution is -0.120. The molecule has 0 spiro atoms. The molecule has 1 heterocycles. The zero-order valence-electron chi connectivity index (χ0n) is 17.5. The van der Waals surface area contributed by atoms with Crippen molar-refractivity contribution in [2.45, 2.75) is 36.0 Å². The minimum absolute atomic E-state index is 0.0338. The van der Waals surface area contributed by atoms with E-state index in [1.54, 1.807) is 6.07 Å². The van der Waals surface area contributed by atoms with Gasteiger partial charge >= 0.3 is 16.3 Å². The van der Waals surface area contributed by atoms with Crippen LogP contribution in [-0.4, -0.2) is 28.4 Å². The molecule has 0 atom stereocenters. The molecule has 0 radical (unpaired) electrons. The lowest BCUT2D eigenvalue weighted by Crippen LogP contribution is -2.30. The van der Waals surface area contributed by atoms with Crippen LogP contribution in [-0.2, 0) is 14.9 Å². The van der Waals surface area contributed by atoms with Crippen LogP contribution in [0.3, 0.4) is 0 Å². The lowest BCUT2D eigenvalue weighted by Gasteiger charge is -2.40. The second kappa shape index (κ2) is 7.37. The number of hydrogen-bond acceptors (Lipinski definition) is 5. The highest BCUT2D eigenvalue weighted by molar-refractivity contribution is 8.45. The molecular formula is C19H16Cl2F5N5O3S. The molecule has 3 N–H and O–H groups in total. The second-order valence-corrected chi connectivity index (χ2v) is 11.6. The summed E-state index contributed by atoms with van der Waals surface area (Å²) in [6.07, 6.45) is 1.10. The molecule has 2 fully saturated rings. The standard InChI is InChI=1S/C19H16Cl2F5N5O3S/c20-11-5-10(35(22,23,24,25)26)6-12(21)15(11)31-16(29-18(33)34-8-9-1-2-9)14(13(7-27)30-31)19(3-4-19)17(28)32/h5-6,9H,1-4,8H2,(H2,28,32)(H,29,33). The molecule has 2 amide bonds. The van der Waals surface area contributed by atoms with Gasteiger partial charge in [0.15, 0.2) is 5.69 Å². The van der Waals surface area contributed by atoms with Crippen molar-refractivity contribution in [2.75, 3.05) is 11.9 Å². The molecule has 0 saturated heterocycles. The number of anilines is 1. The summed E-state index contributed by atoms with van der Waals surface area (Å²) >= 11 is 11.9. The predicted molar refractivity (Wildman–Crippen MR) is 117 cm³/mol. The van der Waals surface area contributed by atoms with E-state index in [0.29, 0.717) is 4.68 Å². The summed E-state index contributed by atoms with van der Waals surface area (Å²) in [4.78, 5) is 22.3. The number of carbonyl (C=O) groups is 2. The number of primary amides is 1. The average Bonchev–Trinajstić information content (AvgIpc) is 3.63. The summed E-state index contributed by atoms with van der Waals surface area (Å²) in [5.74, 6) is -1.01. The Bertz CT molecular complexity index is 1300. The number of nitriles is 1. The highest BCUT2D eigenvalue weighted by Gasteiger charge is 2.65. The SMILES string of the molecule is N#Cc1nn(-c2c(Cl)cc(S(F)(F)(F)(F)F)cc2Cl)c(NC(=O)OCC2CC2)c1C1(C(N)=O)CC1. The van der Waals surface area contributed by atoms with Gasteiger partial charge < -0.3 is 10.5 Å². The van der Waals surface area contributed by atoms with Gasteiger partial charge in [-0.25, -0.2) is 9.48 Å². The van der Waals surface area contributed by atoms with Gasteiger partial charge in [-0.2, -0.15) is 10.4 Å². The third-order valence-corrected chi connectivity index (χ3v) is 7.41. The van der Waals surface area contributed by atoms with Gasteiger partial charge in [-0.05, 0) is 43.7 Å². The Morgan fingerprint density at radius 1 is 1.23 bits per heavy atom. The molecule has 8 nitrogen and oxygen atoms in total. The normalized spacial score (nSPS) is 18.7. The Balaban J connectivity index is 1.89. The molecule has 1 aromatic heterocycles. The van der Waals surface area contributed by atoms with Crippen molar-refractivity contribution in [3.05, 3.63) is 33.4 Å². The monoisotopic (exact) mass is 559 g/mol. The van der Waals surface area contributed by atoms with Crippen LogP contribution >= 0.6 is 33.4 Å². The van der Waals surface area contributed by atoms with Gasteiger partial charge in [-0.3, -0.25) is 10.1 Å². The first-order chi connectivity index (χ1) is 16.0. The van der Waals surface area contributed by atoms with E-state index in [9.17, 15) is 34.3 Å². The van der Waals surface area contributed by atoms with Crippen LogP contribution in [0.1, 0.15) is 36.9 Å². The number of halogens is 7. The van der Waals surface area contributed by atoms with E-state index in [-0.39, 0.29) is 48.9 Å². The molecule has 35 heavy (non-hydrogen) atoms. The van der Waals surface area contributed by atoms with Gasteiger partial charge in [0, 0.05) is 5.56 Å². The molecule has 0 bridgehead atoms. The maximum absolute atomic E-state index is 13.3. The van der Waals surface area contributed by atoms with Gasteiger partial charge in [0.25, 0.3) is 0 Å². The summed E-state index contributed by atoms with van der Waals surface area (Å²) in [6, 6.07) is 1.67. The second-order valence-electron chi connectivity index (χ2n) is 8.41. The van der Waals surface area contributed by atoms with Crippen LogP contribution < -0.4 is 11.1 Å². The molecule has 0 aliphatic heterocycles. The summed E-state index contributed by atoms with van der Waals surface area (Å²) in [5, 5.41) is 14.1. The molecule has 2 aliphatic rings. The first-order valence-corrected chi connectivity index (χ1v) is 12.7. The van der Waals surface area contributed by atoms with E-state index >= 15 is 0 Å². The van der Waals surface area contributed by atoms with Crippen molar-refractivity contribution < 1.29 is 33.8 Å². The van der Waals surface area contributed by atoms with E-state index in [2.05, 4.69) is 10.4 Å². The number of aromatic nitrogens is 2. The Morgan fingerprint density at radius 3 is 2.23 bits per heavy atom. The van der Waals surface area contributed by atoms with E-state index in [1.165, 1.54) is 0 Å². The van der Waals surface area contributed by atoms with Gasteiger partial charge in [-0.15, -0.1) is 0 Å². The Kier molecular flexibility index (Phi) is 5.34. The molecule has 0 unspecified atom stereocenters. The zero-order valence-corrected chi connectivity index (χ0v) is 19.8. The van der Waals surface area contributed by atoms with Gasteiger partial charge in [-0.1, -0.05) is 42.6 Å². The average molecular weight is 560 g/mol. The first-order valence-electron chi connectivity index (χ1n) is 9.97. The Hall–Kier alpha value is -2.76. The van der Waals surface area contributed by atoms with Crippen LogP contribution in [0.15, 0.2) is 17.0 Å². The molecule has 16 heteroatoms. The predicted octanol–water partition coefficient (Wildman–Crippen LogP) is 6.18. The largest absolute Gasteiger partial charge is 0.449 e. The quantitative estimate of drug-likeness (QED) is 0.392. The van der Waals surface area contributed by atoms with Crippen LogP contribution in [0.2, 0.25) is 10.0 Å². The van der Waals surface area contributed by atoms with Crippen molar-refractivity contribution in [3.8, 4) is 11.8 Å². The third kappa shape index (κ3) is 4.85. The molecular weight excluding hydrogens is 544 g/mol. The number of amides is 2. The molecule has 2 aromatic rings. The maximum Gasteiger partial charge on any atom is 0.412 e. The summed E-state index contributed by atoms with van der Waals surface area (Å²) in [5.41, 5.74) is 3.06.